The first-order chi connectivity index (χ1) is 9.99. The molecule has 2 N–H and O–H groups in total. The molecule has 0 aromatic heterocycles. The Hall–Kier alpha value is -0.560. The molecule has 2 rings (SSSR count). The molecule has 2 heterocycles. The summed E-state index contributed by atoms with van der Waals surface area (Å²) in [7, 11) is 0. The van der Waals surface area contributed by atoms with Crippen molar-refractivity contribution in [1.82, 2.24) is 14.7 Å². The second-order valence-corrected chi connectivity index (χ2v) is 6.31. The zero-order valence-electron chi connectivity index (χ0n) is 14.1. The summed E-state index contributed by atoms with van der Waals surface area (Å²) in [5, 5.41) is 0. The van der Waals surface area contributed by atoms with E-state index in [2.05, 4.69) is 4.90 Å². The van der Waals surface area contributed by atoms with Gasteiger partial charge in [0.05, 0.1) is 6.04 Å². The van der Waals surface area contributed by atoms with Crippen LogP contribution in [-0.2, 0) is 9.59 Å². The van der Waals surface area contributed by atoms with Crippen LogP contribution < -0.4 is 5.73 Å². The van der Waals surface area contributed by atoms with Gasteiger partial charge in [-0.25, -0.2) is 0 Å². The normalized spacial score (nSPS) is 21.2. The lowest BCUT2D eigenvalue weighted by molar-refractivity contribution is -0.138. The van der Waals surface area contributed by atoms with E-state index in [-0.39, 0.29) is 48.7 Å². The average molecular weight is 369 g/mol. The molecule has 0 aliphatic carbocycles. The van der Waals surface area contributed by atoms with Crippen molar-refractivity contribution in [2.75, 3.05) is 39.3 Å². The minimum atomic E-state index is -0.0915. The van der Waals surface area contributed by atoms with Crippen molar-refractivity contribution in [1.29, 1.82) is 0 Å². The fourth-order valence-electron chi connectivity index (χ4n) is 3.12. The minimum absolute atomic E-state index is 0. The van der Waals surface area contributed by atoms with Crippen LogP contribution in [0.2, 0.25) is 0 Å². The lowest BCUT2D eigenvalue weighted by Crippen LogP contribution is -2.55. The summed E-state index contributed by atoms with van der Waals surface area (Å²) < 4.78 is 0. The van der Waals surface area contributed by atoms with Crippen LogP contribution in [0.5, 0.6) is 0 Å². The van der Waals surface area contributed by atoms with Crippen molar-refractivity contribution in [2.24, 2.45) is 5.73 Å². The van der Waals surface area contributed by atoms with Crippen molar-refractivity contribution in [3.8, 4) is 0 Å². The highest BCUT2D eigenvalue weighted by Gasteiger charge is 2.30. The summed E-state index contributed by atoms with van der Waals surface area (Å²) in [6.45, 7) is 8.57. The van der Waals surface area contributed by atoms with E-state index >= 15 is 0 Å². The summed E-state index contributed by atoms with van der Waals surface area (Å²) in [6.07, 6.45) is 2.65. The van der Waals surface area contributed by atoms with Crippen molar-refractivity contribution < 1.29 is 9.59 Å². The van der Waals surface area contributed by atoms with Gasteiger partial charge in [-0.1, -0.05) is 0 Å². The molecule has 2 amide bonds. The highest BCUT2D eigenvalue weighted by molar-refractivity contribution is 5.85. The maximum atomic E-state index is 12.4. The fourth-order valence-corrected chi connectivity index (χ4v) is 3.12. The zero-order chi connectivity index (χ0) is 15.4. The minimum Gasteiger partial charge on any atom is -0.341 e. The van der Waals surface area contributed by atoms with Crippen LogP contribution in [0.3, 0.4) is 0 Å². The first-order valence-corrected chi connectivity index (χ1v) is 8.05. The summed E-state index contributed by atoms with van der Waals surface area (Å²) in [5.74, 6) is 0.367. The molecule has 2 saturated heterocycles. The molecule has 0 spiro atoms. The molecule has 8 heteroatoms. The molecule has 2 aliphatic heterocycles. The van der Waals surface area contributed by atoms with Gasteiger partial charge in [0.15, 0.2) is 0 Å². The van der Waals surface area contributed by atoms with Gasteiger partial charge in [-0.2, -0.15) is 0 Å². The third-order valence-electron chi connectivity index (χ3n) is 4.49. The van der Waals surface area contributed by atoms with Crippen molar-refractivity contribution in [2.45, 2.75) is 45.2 Å². The summed E-state index contributed by atoms with van der Waals surface area (Å²) in [4.78, 5) is 30.4. The maximum absolute atomic E-state index is 12.4. The number of rotatable bonds is 4. The quantitative estimate of drug-likeness (QED) is 0.793. The van der Waals surface area contributed by atoms with Crippen LogP contribution in [0.4, 0.5) is 0 Å². The zero-order valence-corrected chi connectivity index (χ0v) is 15.7. The number of carbonyl (C=O) groups is 2. The van der Waals surface area contributed by atoms with Crippen LogP contribution >= 0.6 is 24.8 Å². The predicted molar refractivity (Wildman–Crippen MR) is 96.2 cm³/mol. The van der Waals surface area contributed by atoms with Gasteiger partial charge >= 0.3 is 0 Å². The van der Waals surface area contributed by atoms with Crippen LogP contribution in [-0.4, -0.2) is 77.9 Å². The van der Waals surface area contributed by atoms with Crippen molar-refractivity contribution in [3.05, 3.63) is 0 Å². The lowest BCUT2D eigenvalue weighted by Gasteiger charge is -2.38. The highest BCUT2D eigenvalue weighted by atomic mass is 35.5. The van der Waals surface area contributed by atoms with Gasteiger partial charge in [0.1, 0.15) is 0 Å². The molecule has 0 aromatic rings. The first kappa shape index (κ1) is 22.4. The maximum Gasteiger partial charge on any atom is 0.239 e. The Morgan fingerprint density at radius 3 is 1.91 bits per heavy atom. The van der Waals surface area contributed by atoms with E-state index in [0.717, 1.165) is 39.0 Å². The lowest BCUT2D eigenvalue weighted by atomic mass is 10.1. The van der Waals surface area contributed by atoms with Crippen LogP contribution in [0.15, 0.2) is 0 Å². The van der Waals surface area contributed by atoms with Crippen molar-refractivity contribution in [3.63, 3.8) is 0 Å². The molecule has 0 radical (unpaired) electrons. The number of carbonyl (C=O) groups excluding carboxylic acids is 2. The number of hydrogen-bond donors (Lipinski definition) is 1. The van der Waals surface area contributed by atoms with E-state index in [9.17, 15) is 9.59 Å². The van der Waals surface area contributed by atoms with E-state index in [0.29, 0.717) is 19.5 Å². The van der Waals surface area contributed by atoms with Gasteiger partial charge in [0, 0.05) is 51.7 Å². The van der Waals surface area contributed by atoms with Crippen molar-refractivity contribution >= 4 is 36.6 Å². The number of amides is 2. The average Bonchev–Trinajstić information content (AvgIpc) is 2.99. The topological polar surface area (TPSA) is 69.9 Å². The molecule has 23 heavy (non-hydrogen) atoms. The first-order valence-electron chi connectivity index (χ1n) is 8.05. The number of nitrogens with zero attached hydrogens (tertiary/aromatic N) is 3. The number of halogens is 2. The van der Waals surface area contributed by atoms with E-state index in [1.165, 1.54) is 0 Å². The van der Waals surface area contributed by atoms with Gasteiger partial charge < -0.3 is 15.5 Å². The molecule has 0 aromatic carbocycles. The van der Waals surface area contributed by atoms with E-state index in [1.807, 2.05) is 23.6 Å². The summed E-state index contributed by atoms with van der Waals surface area (Å²) in [6, 6.07) is -0.167. The Morgan fingerprint density at radius 1 is 0.913 bits per heavy atom. The molecule has 0 bridgehead atoms. The van der Waals surface area contributed by atoms with Crippen LogP contribution in [0.1, 0.15) is 33.1 Å². The smallest absolute Gasteiger partial charge is 0.239 e. The Labute approximate surface area is 151 Å². The molecular weight excluding hydrogens is 339 g/mol. The molecule has 2 aliphatic rings. The number of piperazine rings is 1. The molecule has 2 unspecified atom stereocenters. The Bertz CT molecular complexity index is 382. The number of likely N-dealkylation sites (tertiary alicyclic amines) is 1. The monoisotopic (exact) mass is 368 g/mol. The van der Waals surface area contributed by atoms with E-state index in [1.54, 1.807) is 0 Å². The molecule has 2 atom stereocenters. The van der Waals surface area contributed by atoms with Crippen LogP contribution in [0.25, 0.3) is 0 Å². The second-order valence-electron chi connectivity index (χ2n) is 6.31. The predicted octanol–water partition coefficient (Wildman–Crippen LogP) is 0.722. The molecule has 2 fully saturated rings. The Morgan fingerprint density at radius 2 is 1.43 bits per heavy atom. The molecular formula is C15H30Cl2N4O2. The Kier molecular flexibility index (Phi) is 10.1. The highest BCUT2D eigenvalue weighted by Crippen LogP contribution is 2.14. The third kappa shape index (κ3) is 6.10. The van der Waals surface area contributed by atoms with Gasteiger partial charge in [-0.15, -0.1) is 24.8 Å². The molecule has 0 saturated carbocycles. The number of nitrogens with two attached hydrogens (primary N) is 1. The van der Waals surface area contributed by atoms with Gasteiger partial charge in [0.25, 0.3) is 0 Å². The summed E-state index contributed by atoms with van der Waals surface area (Å²) >= 11 is 0. The number of hydrogen-bond acceptors (Lipinski definition) is 4. The molecule has 136 valence electrons. The van der Waals surface area contributed by atoms with Gasteiger partial charge in [-0.3, -0.25) is 14.5 Å². The van der Waals surface area contributed by atoms with Gasteiger partial charge in [-0.05, 0) is 26.7 Å². The second kappa shape index (κ2) is 10.3. The summed E-state index contributed by atoms with van der Waals surface area (Å²) in [5.41, 5.74) is 5.68. The van der Waals surface area contributed by atoms with E-state index in [4.69, 9.17) is 5.73 Å². The largest absolute Gasteiger partial charge is 0.341 e. The standard InChI is InChI=1S/C15H28N4O2.2ClH/c1-12(16)11-14(20)18-9-7-17(8-10-18)13(2)15(21)19-5-3-4-6-19;;/h12-13H,3-11,16H2,1-2H3;2*1H. The van der Waals surface area contributed by atoms with E-state index < -0.39 is 0 Å². The molecule has 6 nitrogen and oxygen atoms in total. The Balaban J connectivity index is 0.00000242. The third-order valence-corrected chi connectivity index (χ3v) is 4.49. The van der Waals surface area contributed by atoms with Gasteiger partial charge in [0.2, 0.25) is 11.8 Å². The van der Waals surface area contributed by atoms with Crippen LogP contribution in [0, 0.1) is 0 Å². The fraction of sp³-hybridized carbons (Fsp3) is 0.867. The SMILES string of the molecule is CC(N)CC(=O)N1CCN(C(C)C(=O)N2CCCC2)CC1.Cl.Cl.